The zero-order valence-electron chi connectivity index (χ0n) is 38.7. The van der Waals surface area contributed by atoms with Crippen LogP contribution in [0.25, 0.3) is 115 Å². The van der Waals surface area contributed by atoms with E-state index < -0.39 is 0 Å². The molecule has 14 rings (SSSR count). The van der Waals surface area contributed by atoms with Crippen molar-refractivity contribution in [2.75, 3.05) is 4.90 Å². The highest BCUT2D eigenvalue weighted by atomic mass is 16.3. The number of furan rings is 1. The SMILES string of the molecule is c1ccc(-c2ccc(-c3ccc(N(c4ccc(-c5ccc6c(ccc7ccccc76)c5)cc4)c4cccc(-c5cccc6c5oc5ccccc56)c4)cc3)c(-n3c4ccccc4c4ccccc43)c2)cc1. The number of fused-ring (bicyclic) bond motifs is 9. The van der Waals surface area contributed by atoms with Crippen LogP contribution in [0.1, 0.15) is 0 Å². The van der Waals surface area contributed by atoms with Gasteiger partial charge in [-0.2, -0.15) is 0 Å². The van der Waals surface area contributed by atoms with Crippen LogP contribution in [0.4, 0.5) is 17.1 Å². The monoisotopic (exact) mass is 904 g/mol. The molecule has 2 heterocycles. The van der Waals surface area contributed by atoms with E-state index in [1.54, 1.807) is 0 Å². The number of aromatic nitrogens is 1. The van der Waals surface area contributed by atoms with Gasteiger partial charge in [-0.1, -0.05) is 200 Å². The van der Waals surface area contributed by atoms with Crippen LogP contribution in [-0.4, -0.2) is 4.57 Å². The van der Waals surface area contributed by atoms with Crippen molar-refractivity contribution in [2.24, 2.45) is 0 Å². The average molecular weight is 905 g/mol. The fourth-order valence-corrected chi connectivity index (χ4v) is 11.0. The zero-order valence-corrected chi connectivity index (χ0v) is 38.7. The van der Waals surface area contributed by atoms with E-state index in [4.69, 9.17) is 4.42 Å². The predicted molar refractivity (Wildman–Crippen MR) is 299 cm³/mol. The summed E-state index contributed by atoms with van der Waals surface area (Å²) in [6, 6.07) is 96.8. The Morgan fingerprint density at radius 3 is 1.61 bits per heavy atom. The number of hydrogen-bond acceptors (Lipinski definition) is 2. The maximum Gasteiger partial charge on any atom is 0.143 e. The minimum absolute atomic E-state index is 0.892. The summed E-state index contributed by atoms with van der Waals surface area (Å²) in [5, 5.41) is 9.76. The number of anilines is 3. The fourth-order valence-electron chi connectivity index (χ4n) is 11.0. The lowest BCUT2D eigenvalue weighted by Crippen LogP contribution is -2.10. The number of rotatable bonds is 8. The van der Waals surface area contributed by atoms with Gasteiger partial charge in [0.15, 0.2) is 0 Å². The number of hydrogen-bond donors (Lipinski definition) is 0. The molecule has 0 fully saturated rings. The molecule has 0 aliphatic heterocycles. The van der Waals surface area contributed by atoms with Crippen molar-refractivity contribution in [3.63, 3.8) is 0 Å². The maximum atomic E-state index is 6.57. The standard InChI is InChI=1S/C68H44N2O/c1-2-14-45(15-3-1)50-35-41-58(66(44-50)70-64-25-9-6-20-60(64)61-21-7-10-26-65(61)70)48-32-38-54(39-33-48)69(55-18-12-17-51(43-55)59-23-13-24-63-62-22-8-11-27-67(62)71-68(59)63)53-36-30-46(31-37-53)49-34-40-57-52(42-49)29-28-47-16-4-5-19-56(47)57/h1-44H. The van der Waals surface area contributed by atoms with E-state index in [1.807, 2.05) is 12.1 Å². The molecule has 0 saturated carbocycles. The highest BCUT2D eigenvalue weighted by Crippen LogP contribution is 2.43. The summed E-state index contributed by atoms with van der Waals surface area (Å²) >= 11 is 0. The molecule has 0 spiro atoms. The van der Waals surface area contributed by atoms with Crippen molar-refractivity contribution in [1.29, 1.82) is 0 Å². The topological polar surface area (TPSA) is 21.3 Å². The Labute approximate surface area is 411 Å². The smallest absolute Gasteiger partial charge is 0.143 e. The third kappa shape index (κ3) is 6.89. The van der Waals surface area contributed by atoms with E-state index in [0.29, 0.717) is 0 Å². The lowest BCUT2D eigenvalue weighted by atomic mass is 9.97. The largest absolute Gasteiger partial charge is 0.455 e. The fraction of sp³-hybridized carbons (Fsp3) is 0. The molecule has 3 heteroatoms. The van der Waals surface area contributed by atoms with Gasteiger partial charge in [-0.25, -0.2) is 0 Å². The third-order valence-corrected chi connectivity index (χ3v) is 14.4. The van der Waals surface area contributed by atoms with Gasteiger partial charge in [0.2, 0.25) is 0 Å². The van der Waals surface area contributed by atoms with Crippen LogP contribution in [0, 0.1) is 0 Å². The van der Waals surface area contributed by atoms with E-state index >= 15 is 0 Å². The minimum Gasteiger partial charge on any atom is -0.455 e. The third-order valence-electron chi connectivity index (χ3n) is 14.4. The Kier molecular flexibility index (Phi) is 9.53. The summed E-state index contributed by atoms with van der Waals surface area (Å²) in [5.74, 6) is 0. The zero-order chi connectivity index (χ0) is 46.8. The van der Waals surface area contributed by atoms with E-state index in [0.717, 1.165) is 66.9 Å². The van der Waals surface area contributed by atoms with Crippen LogP contribution in [0.5, 0.6) is 0 Å². The van der Waals surface area contributed by atoms with Crippen molar-refractivity contribution in [1.82, 2.24) is 4.57 Å². The van der Waals surface area contributed by atoms with Crippen molar-refractivity contribution >= 4 is 82.4 Å². The molecule has 0 aliphatic carbocycles. The summed E-state index contributed by atoms with van der Waals surface area (Å²) in [6.07, 6.45) is 0. The quantitative estimate of drug-likeness (QED) is 0.142. The number of benzene rings is 12. The van der Waals surface area contributed by atoms with Crippen molar-refractivity contribution < 1.29 is 4.42 Å². The second kappa shape index (κ2) is 16.7. The summed E-state index contributed by atoms with van der Waals surface area (Å²) in [4.78, 5) is 2.37. The summed E-state index contributed by atoms with van der Waals surface area (Å²) in [7, 11) is 0. The molecule has 0 amide bonds. The number of para-hydroxylation sites is 4. The molecule has 0 aliphatic rings. The summed E-state index contributed by atoms with van der Waals surface area (Å²) in [6.45, 7) is 0. The number of nitrogens with zero attached hydrogens (tertiary/aromatic N) is 2. The first kappa shape index (κ1) is 40.6. The van der Waals surface area contributed by atoms with Gasteiger partial charge in [0.05, 0.1) is 16.7 Å². The average Bonchev–Trinajstić information content (AvgIpc) is 4.00. The predicted octanol–water partition coefficient (Wildman–Crippen LogP) is 19.1. The maximum absolute atomic E-state index is 6.57. The first-order valence-corrected chi connectivity index (χ1v) is 24.3. The van der Waals surface area contributed by atoms with E-state index in [9.17, 15) is 0 Å². The Morgan fingerprint density at radius 1 is 0.282 bits per heavy atom. The van der Waals surface area contributed by atoms with Crippen LogP contribution in [0.3, 0.4) is 0 Å². The van der Waals surface area contributed by atoms with Gasteiger partial charge in [-0.3, -0.25) is 0 Å². The van der Waals surface area contributed by atoms with E-state index in [2.05, 4.69) is 264 Å². The van der Waals surface area contributed by atoms with Crippen LogP contribution in [0.15, 0.2) is 271 Å². The second-order valence-electron chi connectivity index (χ2n) is 18.5. The van der Waals surface area contributed by atoms with Gasteiger partial charge in [-0.15, -0.1) is 0 Å². The van der Waals surface area contributed by atoms with Crippen LogP contribution >= 0.6 is 0 Å². The lowest BCUT2D eigenvalue weighted by Gasteiger charge is -2.26. The summed E-state index contributed by atoms with van der Waals surface area (Å²) < 4.78 is 9.01. The lowest BCUT2D eigenvalue weighted by molar-refractivity contribution is 0.670. The van der Waals surface area contributed by atoms with Gasteiger partial charge in [0, 0.05) is 49.7 Å². The Morgan fingerprint density at radius 2 is 0.831 bits per heavy atom. The van der Waals surface area contributed by atoms with E-state index in [1.165, 1.54) is 65.6 Å². The molecule has 0 unspecified atom stereocenters. The molecule has 0 atom stereocenters. The summed E-state index contributed by atoms with van der Waals surface area (Å²) in [5.41, 5.74) is 17.6. The van der Waals surface area contributed by atoms with Crippen LogP contribution in [-0.2, 0) is 0 Å². The molecule has 12 aromatic carbocycles. The highest BCUT2D eigenvalue weighted by molar-refractivity contribution is 6.11. The molecular formula is C68H44N2O. The molecular weight excluding hydrogens is 861 g/mol. The first-order valence-electron chi connectivity index (χ1n) is 24.3. The van der Waals surface area contributed by atoms with Gasteiger partial charge >= 0.3 is 0 Å². The van der Waals surface area contributed by atoms with Crippen molar-refractivity contribution in [2.45, 2.75) is 0 Å². The molecule has 3 nitrogen and oxygen atoms in total. The van der Waals surface area contributed by atoms with Gasteiger partial charge < -0.3 is 13.9 Å². The van der Waals surface area contributed by atoms with Gasteiger partial charge in [-0.05, 0) is 122 Å². The molecule has 2 aromatic heterocycles. The van der Waals surface area contributed by atoms with Crippen molar-refractivity contribution in [3.8, 4) is 50.2 Å². The molecule has 0 N–H and O–H groups in total. The van der Waals surface area contributed by atoms with Crippen LogP contribution in [0.2, 0.25) is 0 Å². The van der Waals surface area contributed by atoms with Gasteiger partial charge in [0.1, 0.15) is 11.2 Å². The second-order valence-corrected chi connectivity index (χ2v) is 18.5. The Hall–Kier alpha value is -9.44. The Balaban J connectivity index is 0.903. The van der Waals surface area contributed by atoms with Gasteiger partial charge in [0.25, 0.3) is 0 Å². The van der Waals surface area contributed by atoms with Crippen molar-refractivity contribution in [3.05, 3.63) is 267 Å². The van der Waals surface area contributed by atoms with Crippen LogP contribution < -0.4 is 4.90 Å². The minimum atomic E-state index is 0.892. The molecule has 0 saturated heterocycles. The molecule has 0 bridgehead atoms. The van der Waals surface area contributed by atoms with E-state index in [-0.39, 0.29) is 0 Å². The molecule has 71 heavy (non-hydrogen) atoms. The molecule has 332 valence electrons. The first-order chi connectivity index (χ1) is 35.2. The molecule has 14 aromatic rings. The normalized spacial score (nSPS) is 11.7. The highest BCUT2D eigenvalue weighted by Gasteiger charge is 2.20. The molecule has 0 radical (unpaired) electrons. The Bertz CT molecular complexity index is 4280.